The fourth-order valence-electron chi connectivity index (χ4n) is 2.98. The maximum atomic E-state index is 9.41. The van der Waals surface area contributed by atoms with Crippen molar-refractivity contribution in [1.29, 1.82) is 10.5 Å². The Morgan fingerprint density at radius 3 is 2.63 bits per heavy atom. The first-order valence-corrected chi connectivity index (χ1v) is 7.82. The molecule has 8 N–H and O–H groups in total. The number of nitrogens with one attached hydrogen (secondary N) is 2. The van der Waals surface area contributed by atoms with Gasteiger partial charge in [-0.15, -0.1) is 0 Å². The average Bonchev–Trinajstić information content (AvgIpc) is 2.61. The Kier molecular flexibility index (Phi) is 4.56. The van der Waals surface area contributed by atoms with Crippen molar-refractivity contribution in [3.05, 3.63) is 40.5 Å². The third kappa shape index (κ3) is 3.09. The molecular weight excluding hydrogens is 347 g/mol. The van der Waals surface area contributed by atoms with Crippen LogP contribution < -0.4 is 27.6 Å². The topological polar surface area (TPSA) is 189 Å². The van der Waals surface area contributed by atoms with E-state index in [4.69, 9.17) is 16.7 Å². The van der Waals surface area contributed by atoms with Crippen LogP contribution in [0.15, 0.2) is 23.2 Å². The number of rotatable bonds is 2. The van der Waals surface area contributed by atoms with Gasteiger partial charge in [-0.1, -0.05) is 23.8 Å². The van der Waals surface area contributed by atoms with Gasteiger partial charge < -0.3 is 26.8 Å². The first-order valence-electron chi connectivity index (χ1n) is 7.82. The van der Waals surface area contributed by atoms with E-state index in [1.807, 2.05) is 6.07 Å². The summed E-state index contributed by atoms with van der Waals surface area (Å²) in [6.45, 7) is 1.73. The normalized spacial score (nSPS) is 14.9. The van der Waals surface area contributed by atoms with Gasteiger partial charge in [0.05, 0.1) is 5.69 Å². The molecule has 0 radical (unpaired) electrons. The molecule has 1 aliphatic heterocycles. The summed E-state index contributed by atoms with van der Waals surface area (Å²) in [6.07, 6.45) is 1.78. The van der Waals surface area contributed by atoms with Gasteiger partial charge in [0, 0.05) is 5.56 Å². The molecule has 0 aliphatic carbocycles. The van der Waals surface area contributed by atoms with Gasteiger partial charge in [-0.25, -0.2) is 9.98 Å². The number of anilines is 3. The summed E-state index contributed by atoms with van der Waals surface area (Å²) in [6, 6.07) is 6.21. The lowest BCUT2D eigenvalue weighted by atomic mass is 9.76. The zero-order valence-corrected chi connectivity index (χ0v) is 14.2. The highest BCUT2D eigenvalue weighted by atomic mass is 16.4. The number of fused-ring (bicyclic) bond motifs is 1. The lowest BCUT2D eigenvalue weighted by molar-refractivity contribution is 0.425. The van der Waals surface area contributed by atoms with Crippen molar-refractivity contribution >= 4 is 35.9 Å². The van der Waals surface area contributed by atoms with Crippen molar-refractivity contribution in [1.82, 2.24) is 10.3 Å². The maximum Gasteiger partial charge on any atom is 0.488 e. The number of hydrogen-bond donors (Lipinski definition) is 6. The van der Waals surface area contributed by atoms with Gasteiger partial charge >= 0.3 is 7.12 Å². The van der Waals surface area contributed by atoms with Gasteiger partial charge in [0.2, 0.25) is 5.96 Å². The van der Waals surface area contributed by atoms with E-state index in [0.29, 0.717) is 22.2 Å². The van der Waals surface area contributed by atoms with Gasteiger partial charge in [-0.05, 0) is 17.9 Å². The molecule has 1 unspecified atom stereocenters. The molecule has 1 aliphatic rings. The summed E-state index contributed by atoms with van der Waals surface area (Å²) >= 11 is 0. The molecule has 0 amide bonds. The van der Waals surface area contributed by atoms with Crippen molar-refractivity contribution in [2.75, 3.05) is 16.8 Å². The minimum absolute atomic E-state index is 0.0341. The number of pyridine rings is 1. The fourth-order valence-corrected chi connectivity index (χ4v) is 2.98. The van der Waals surface area contributed by atoms with Gasteiger partial charge in [0.25, 0.3) is 0 Å². The Morgan fingerprint density at radius 1 is 1.30 bits per heavy atom. The third-order valence-corrected chi connectivity index (χ3v) is 4.25. The molecule has 0 saturated carbocycles. The molecule has 134 valence electrons. The second kappa shape index (κ2) is 6.84. The highest BCUT2D eigenvalue weighted by Crippen LogP contribution is 2.40. The second-order valence-electron chi connectivity index (χ2n) is 5.89. The molecule has 11 heteroatoms. The summed E-state index contributed by atoms with van der Waals surface area (Å²) in [5, 5.41) is 42.3. The predicted octanol–water partition coefficient (Wildman–Crippen LogP) is -0.953. The highest BCUT2D eigenvalue weighted by molar-refractivity contribution is 6.59. The largest absolute Gasteiger partial charge is 0.488 e. The van der Waals surface area contributed by atoms with E-state index in [1.54, 1.807) is 31.3 Å². The third-order valence-electron chi connectivity index (χ3n) is 4.25. The Hall–Kier alpha value is -3.80. The summed E-state index contributed by atoms with van der Waals surface area (Å²) in [5.74, 6) is 0.397. The van der Waals surface area contributed by atoms with Gasteiger partial charge in [-0.2, -0.15) is 10.5 Å². The SMILES string of the molecule is Cc1cc(C2N=C(NC#N)Nc3nc(N)c(C#N)c(N)c32)ccc1B(O)O. The van der Waals surface area contributed by atoms with Crippen molar-refractivity contribution in [2.24, 2.45) is 4.99 Å². The molecule has 0 bridgehead atoms. The van der Waals surface area contributed by atoms with Crippen LogP contribution in [0.2, 0.25) is 0 Å². The predicted molar refractivity (Wildman–Crippen MR) is 100 cm³/mol. The van der Waals surface area contributed by atoms with Gasteiger partial charge in [0.15, 0.2) is 6.19 Å². The van der Waals surface area contributed by atoms with Crippen LogP contribution in [-0.2, 0) is 0 Å². The molecule has 2 aromatic rings. The Balaban J connectivity index is 2.22. The van der Waals surface area contributed by atoms with E-state index in [9.17, 15) is 15.3 Å². The number of nitrogen functional groups attached to an aromatic ring is 2. The molecule has 27 heavy (non-hydrogen) atoms. The van der Waals surface area contributed by atoms with Gasteiger partial charge in [-0.3, -0.25) is 5.32 Å². The molecule has 3 rings (SSSR count). The minimum Gasteiger partial charge on any atom is -0.423 e. The molecule has 0 saturated heterocycles. The number of aliphatic imine (C=N–C) groups is 1. The van der Waals surface area contributed by atoms with Crippen LogP contribution >= 0.6 is 0 Å². The van der Waals surface area contributed by atoms with Crippen LogP contribution in [0.3, 0.4) is 0 Å². The summed E-state index contributed by atoms with van der Waals surface area (Å²) < 4.78 is 0. The molecular formula is C16H15BN8O2. The standard InChI is InChI=1S/C16H15BN8O2/c1-7-4-8(2-3-10(7)17(26)27)13-11-12(20)9(5-18)14(21)24-15(11)25-16(23-13)22-6-19/h2-4,13,26-27H,1H3,(H6,20,21,22,23,24,25). The zero-order valence-electron chi connectivity index (χ0n) is 14.2. The van der Waals surface area contributed by atoms with Crippen LogP contribution in [-0.4, -0.2) is 28.1 Å². The number of nitrogens with two attached hydrogens (primary N) is 2. The average molecular weight is 362 g/mol. The van der Waals surface area contributed by atoms with Crippen molar-refractivity contribution < 1.29 is 10.0 Å². The quantitative estimate of drug-likeness (QED) is 0.222. The monoisotopic (exact) mass is 362 g/mol. The summed E-state index contributed by atoms with van der Waals surface area (Å²) in [7, 11) is -1.60. The maximum absolute atomic E-state index is 9.41. The van der Waals surface area contributed by atoms with Crippen molar-refractivity contribution in [3.8, 4) is 12.3 Å². The lowest BCUT2D eigenvalue weighted by Crippen LogP contribution is -2.34. The minimum atomic E-state index is -1.60. The van der Waals surface area contributed by atoms with Crippen LogP contribution in [0.5, 0.6) is 0 Å². The molecule has 0 spiro atoms. The summed E-state index contributed by atoms with van der Waals surface area (Å²) in [4.78, 5) is 8.62. The van der Waals surface area contributed by atoms with E-state index in [1.165, 1.54) is 0 Å². The molecule has 1 atom stereocenters. The van der Waals surface area contributed by atoms with Gasteiger partial charge in [0.1, 0.15) is 29.3 Å². The second-order valence-corrected chi connectivity index (χ2v) is 5.89. The lowest BCUT2D eigenvalue weighted by Gasteiger charge is -2.26. The Bertz CT molecular complexity index is 1040. The first-order chi connectivity index (χ1) is 12.9. The smallest absolute Gasteiger partial charge is 0.423 e. The highest BCUT2D eigenvalue weighted by Gasteiger charge is 2.30. The number of nitrogens with zero attached hydrogens (tertiary/aromatic N) is 4. The zero-order chi connectivity index (χ0) is 19.7. The van der Waals surface area contributed by atoms with Crippen molar-refractivity contribution in [3.63, 3.8) is 0 Å². The van der Waals surface area contributed by atoms with E-state index in [2.05, 4.69) is 20.6 Å². The van der Waals surface area contributed by atoms with E-state index < -0.39 is 13.2 Å². The number of hydrogen-bond acceptors (Lipinski definition) is 10. The van der Waals surface area contributed by atoms with Crippen LogP contribution in [0.4, 0.5) is 17.3 Å². The van der Waals surface area contributed by atoms with Crippen LogP contribution in [0, 0.1) is 29.7 Å². The first kappa shape index (κ1) is 18.0. The van der Waals surface area contributed by atoms with Crippen LogP contribution in [0.1, 0.15) is 28.3 Å². The number of aromatic nitrogens is 1. The summed E-state index contributed by atoms with van der Waals surface area (Å²) in [5.41, 5.74) is 14.3. The van der Waals surface area contributed by atoms with E-state index >= 15 is 0 Å². The molecule has 2 heterocycles. The molecule has 10 nitrogen and oxygen atoms in total. The number of benzene rings is 1. The van der Waals surface area contributed by atoms with Crippen LogP contribution in [0.25, 0.3) is 0 Å². The van der Waals surface area contributed by atoms with E-state index in [0.717, 1.165) is 0 Å². The molecule has 1 aromatic heterocycles. The molecule has 1 aromatic carbocycles. The number of nitriles is 2. The van der Waals surface area contributed by atoms with E-state index in [-0.39, 0.29) is 28.8 Å². The molecule has 0 fully saturated rings. The van der Waals surface area contributed by atoms with Crippen molar-refractivity contribution in [2.45, 2.75) is 13.0 Å². The number of guanidine groups is 1. The Morgan fingerprint density at radius 2 is 2.04 bits per heavy atom. The fraction of sp³-hybridized carbons (Fsp3) is 0.125. The Labute approximate surface area is 154 Å². The number of aryl methyl sites for hydroxylation is 1.